The average Bonchev–Trinajstić information content (AvgIpc) is 2.18. The van der Waals surface area contributed by atoms with Gasteiger partial charge >= 0.3 is 0 Å². The minimum atomic E-state index is -2.52. The molecule has 1 N–H and O–H groups in total. The molecule has 1 rings (SSSR count). The van der Waals surface area contributed by atoms with E-state index in [2.05, 4.69) is 5.32 Å². The average molecular weight is 325 g/mol. The van der Waals surface area contributed by atoms with Crippen molar-refractivity contribution in [3.05, 3.63) is 32.9 Å². The molecule has 0 heterocycles. The van der Waals surface area contributed by atoms with Crippen LogP contribution in [0.15, 0.2) is 18.2 Å². The molecule has 0 unspecified atom stereocenters. The summed E-state index contributed by atoms with van der Waals surface area (Å²) in [6.07, 6.45) is -2.52. The summed E-state index contributed by atoms with van der Waals surface area (Å²) in [6.45, 7) is 1.26. The van der Waals surface area contributed by atoms with E-state index in [9.17, 15) is 13.6 Å². The topological polar surface area (TPSA) is 29.1 Å². The highest BCUT2D eigenvalue weighted by atomic mass is 127. The minimum absolute atomic E-state index is 0.441. The SMILES string of the molecule is Cc1cccc(C(=O)NCC(F)F)c1I. The smallest absolute Gasteiger partial charge is 0.255 e. The molecular formula is C10H10F2INO. The summed E-state index contributed by atoms with van der Waals surface area (Å²) in [5.41, 5.74) is 1.40. The molecule has 15 heavy (non-hydrogen) atoms. The Kier molecular flexibility index (Phi) is 4.44. The number of carbonyl (C=O) groups is 1. The molecule has 5 heteroatoms. The summed E-state index contributed by atoms with van der Waals surface area (Å²) in [5, 5.41) is 2.17. The first kappa shape index (κ1) is 12.4. The van der Waals surface area contributed by atoms with Gasteiger partial charge in [-0.05, 0) is 41.1 Å². The summed E-state index contributed by atoms with van der Waals surface area (Å²) in [5.74, 6) is -0.455. The minimum Gasteiger partial charge on any atom is -0.346 e. The van der Waals surface area contributed by atoms with Crippen molar-refractivity contribution in [1.29, 1.82) is 0 Å². The number of alkyl halides is 2. The van der Waals surface area contributed by atoms with Crippen molar-refractivity contribution in [2.75, 3.05) is 6.54 Å². The third kappa shape index (κ3) is 3.40. The Labute approximate surface area is 100 Å². The lowest BCUT2D eigenvalue weighted by atomic mass is 10.1. The van der Waals surface area contributed by atoms with Crippen LogP contribution in [0.4, 0.5) is 8.78 Å². The van der Waals surface area contributed by atoms with Gasteiger partial charge in [0.25, 0.3) is 12.3 Å². The van der Waals surface area contributed by atoms with Gasteiger partial charge in [-0.25, -0.2) is 8.78 Å². The first-order valence-corrected chi connectivity index (χ1v) is 5.41. The number of hydrogen-bond acceptors (Lipinski definition) is 1. The molecule has 0 aliphatic carbocycles. The number of aryl methyl sites for hydroxylation is 1. The van der Waals surface area contributed by atoms with Gasteiger partial charge in [-0.2, -0.15) is 0 Å². The summed E-state index contributed by atoms with van der Waals surface area (Å²) in [4.78, 5) is 11.5. The van der Waals surface area contributed by atoms with Gasteiger partial charge in [0, 0.05) is 3.57 Å². The second-order valence-electron chi connectivity index (χ2n) is 3.04. The summed E-state index contributed by atoms with van der Waals surface area (Å²) in [6, 6.07) is 5.22. The Bertz CT molecular complexity index is 368. The van der Waals surface area contributed by atoms with E-state index in [1.807, 2.05) is 35.6 Å². The van der Waals surface area contributed by atoms with Crippen molar-refractivity contribution in [1.82, 2.24) is 5.32 Å². The summed E-state index contributed by atoms with van der Waals surface area (Å²) in [7, 11) is 0. The number of rotatable bonds is 3. The van der Waals surface area contributed by atoms with Crippen LogP contribution in [0.25, 0.3) is 0 Å². The highest BCUT2D eigenvalue weighted by Gasteiger charge is 2.12. The number of nitrogens with one attached hydrogen (secondary N) is 1. The molecule has 1 amide bonds. The van der Waals surface area contributed by atoms with E-state index < -0.39 is 18.9 Å². The predicted molar refractivity (Wildman–Crippen MR) is 62.2 cm³/mol. The third-order valence-electron chi connectivity index (χ3n) is 1.85. The Balaban J connectivity index is 2.78. The molecule has 82 valence electrons. The second kappa shape index (κ2) is 5.39. The van der Waals surface area contributed by atoms with Gasteiger partial charge in [-0.15, -0.1) is 0 Å². The van der Waals surface area contributed by atoms with E-state index in [1.165, 1.54) is 0 Å². The maximum absolute atomic E-state index is 11.9. The first-order chi connectivity index (χ1) is 7.02. The van der Waals surface area contributed by atoms with Gasteiger partial charge in [-0.3, -0.25) is 4.79 Å². The Morgan fingerprint density at radius 3 is 2.80 bits per heavy atom. The molecule has 0 aliphatic heterocycles. The van der Waals surface area contributed by atoms with Gasteiger partial charge in [0.2, 0.25) is 0 Å². The standard InChI is InChI=1S/C10H10F2INO/c1-6-3-2-4-7(9(6)13)10(15)14-5-8(11)12/h2-4,8H,5H2,1H3,(H,14,15). The van der Waals surface area contributed by atoms with Crippen LogP contribution in [0.2, 0.25) is 0 Å². The van der Waals surface area contributed by atoms with Crippen LogP contribution in [0.3, 0.4) is 0 Å². The van der Waals surface area contributed by atoms with Crippen LogP contribution in [0.5, 0.6) is 0 Å². The molecule has 0 spiro atoms. The quantitative estimate of drug-likeness (QED) is 0.851. The van der Waals surface area contributed by atoms with Gasteiger partial charge in [0.1, 0.15) is 0 Å². The van der Waals surface area contributed by atoms with Crippen LogP contribution in [0, 0.1) is 10.5 Å². The molecule has 0 aromatic heterocycles. The van der Waals surface area contributed by atoms with Crippen molar-refractivity contribution >= 4 is 28.5 Å². The van der Waals surface area contributed by atoms with Gasteiger partial charge in [-0.1, -0.05) is 12.1 Å². The molecule has 2 nitrogen and oxygen atoms in total. The second-order valence-corrected chi connectivity index (χ2v) is 4.12. The molecule has 0 aliphatic rings. The molecule has 1 aromatic carbocycles. The number of halogens is 3. The van der Waals surface area contributed by atoms with Crippen LogP contribution in [-0.4, -0.2) is 18.9 Å². The lowest BCUT2D eigenvalue weighted by Crippen LogP contribution is -2.29. The van der Waals surface area contributed by atoms with E-state index in [1.54, 1.807) is 12.1 Å². The number of carbonyl (C=O) groups excluding carboxylic acids is 1. The van der Waals surface area contributed by atoms with Crippen LogP contribution in [-0.2, 0) is 0 Å². The zero-order valence-electron chi connectivity index (χ0n) is 8.06. The van der Waals surface area contributed by atoms with E-state index in [0.717, 1.165) is 9.13 Å². The fourth-order valence-corrected chi connectivity index (χ4v) is 1.69. The fraction of sp³-hybridized carbons (Fsp3) is 0.300. The summed E-state index contributed by atoms with van der Waals surface area (Å²) < 4.78 is 24.5. The molecule has 1 aromatic rings. The zero-order chi connectivity index (χ0) is 11.4. The van der Waals surface area contributed by atoms with Gasteiger partial charge in [0.05, 0.1) is 12.1 Å². The zero-order valence-corrected chi connectivity index (χ0v) is 10.2. The molecule has 0 fully saturated rings. The van der Waals surface area contributed by atoms with Gasteiger partial charge < -0.3 is 5.32 Å². The molecular weight excluding hydrogens is 315 g/mol. The molecule has 0 atom stereocenters. The number of hydrogen-bond donors (Lipinski definition) is 1. The van der Waals surface area contributed by atoms with Crippen LogP contribution < -0.4 is 5.32 Å². The molecule has 0 radical (unpaired) electrons. The monoisotopic (exact) mass is 325 g/mol. The van der Waals surface area contributed by atoms with Crippen molar-refractivity contribution in [2.24, 2.45) is 0 Å². The Morgan fingerprint density at radius 1 is 1.53 bits per heavy atom. The highest BCUT2D eigenvalue weighted by molar-refractivity contribution is 14.1. The van der Waals surface area contributed by atoms with Crippen molar-refractivity contribution in [3.63, 3.8) is 0 Å². The molecule has 0 saturated heterocycles. The number of amides is 1. The maximum atomic E-state index is 11.9. The first-order valence-electron chi connectivity index (χ1n) is 4.34. The van der Waals surface area contributed by atoms with Crippen LogP contribution >= 0.6 is 22.6 Å². The fourth-order valence-electron chi connectivity index (χ4n) is 1.09. The van der Waals surface area contributed by atoms with E-state index in [4.69, 9.17) is 0 Å². The van der Waals surface area contributed by atoms with Crippen molar-refractivity contribution < 1.29 is 13.6 Å². The Morgan fingerprint density at radius 2 is 2.20 bits per heavy atom. The van der Waals surface area contributed by atoms with Gasteiger partial charge in [0.15, 0.2) is 0 Å². The van der Waals surface area contributed by atoms with Crippen molar-refractivity contribution in [2.45, 2.75) is 13.3 Å². The van der Waals surface area contributed by atoms with E-state index in [-0.39, 0.29) is 0 Å². The maximum Gasteiger partial charge on any atom is 0.255 e. The Hall–Kier alpha value is -0.720. The largest absolute Gasteiger partial charge is 0.346 e. The summed E-state index contributed by atoms with van der Waals surface area (Å²) >= 11 is 2.03. The predicted octanol–water partition coefficient (Wildman–Crippen LogP) is 2.59. The lowest BCUT2D eigenvalue weighted by molar-refractivity contribution is 0.0891. The molecule has 0 saturated carbocycles. The van der Waals surface area contributed by atoms with E-state index >= 15 is 0 Å². The number of benzene rings is 1. The highest BCUT2D eigenvalue weighted by Crippen LogP contribution is 2.16. The lowest BCUT2D eigenvalue weighted by Gasteiger charge is -2.07. The van der Waals surface area contributed by atoms with Crippen LogP contribution in [0.1, 0.15) is 15.9 Å². The third-order valence-corrected chi connectivity index (χ3v) is 3.29. The van der Waals surface area contributed by atoms with E-state index in [0.29, 0.717) is 5.56 Å². The van der Waals surface area contributed by atoms with Crippen molar-refractivity contribution in [3.8, 4) is 0 Å². The normalized spacial score (nSPS) is 10.5. The molecule has 0 bridgehead atoms.